The molecule has 3 N–H and O–H groups in total. The Bertz CT molecular complexity index is 1150. The second-order valence-corrected chi connectivity index (χ2v) is 11.3. The quantitative estimate of drug-likeness (QED) is 0.603. The standard InChI is InChI=1S/C23H33N3O6S/c1-5-31-16-6-7-18-17(12-16)15(2)20(24-18)21(27)26-10-8-23(9-11-26)13-19(25-33(4,29)30)22(3,28)14-32-23/h6-7,12,19,24-25,28H,5,8-11,13-14H2,1-4H3/t19-,22-/m0/s1. The van der Waals surface area contributed by atoms with Crippen LogP contribution in [0.2, 0.25) is 0 Å². The normalized spacial score (nSPS) is 25.5. The molecule has 4 rings (SSSR count). The Morgan fingerprint density at radius 1 is 1.36 bits per heavy atom. The number of likely N-dealkylation sites (tertiary alicyclic amines) is 1. The summed E-state index contributed by atoms with van der Waals surface area (Å²) in [5.74, 6) is 0.707. The minimum atomic E-state index is -3.48. The minimum Gasteiger partial charge on any atom is -0.494 e. The smallest absolute Gasteiger partial charge is 0.270 e. The summed E-state index contributed by atoms with van der Waals surface area (Å²) in [6.07, 6.45) is 2.60. The summed E-state index contributed by atoms with van der Waals surface area (Å²) in [6.45, 7) is 7.05. The van der Waals surface area contributed by atoms with Crippen molar-refractivity contribution in [2.75, 3.05) is 32.6 Å². The van der Waals surface area contributed by atoms with Crippen molar-refractivity contribution in [3.8, 4) is 5.75 Å². The zero-order valence-electron chi connectivity index (χ0n) is 19.6. The number of amides is 1. The molecule has 0 bridgehead atoms. The summed E-state index contributed by atoms with van der Waals surface area (Å²) in [5, 5.41) is 11.6. The number of benzene rings is 1. The van der Waals surface area contributed by atoms with Gasteiger partial charge in [0.15, 0.2) is 0 Å². The molecule has 2 aliphatic rings. The molecular formula is C23H33N3O6S. The van der Waals surface area contributed by atoms with Gasteiger partial charge in [0.1, 0.15) is 17.0 Å². The molecule has 0 aliphatic carbocycles. The number of aliphatic hydroxyl groups is 1. The molecule has 2 saturated heterocycles. The number of sulfonamides is 1. The van der Waals surface area contributed by atoms with Gasteiger partial charge in [-0.2, -0.15) is 0 Å². The van der Waals surface area contributed by atoms with E-state index in [9.17, 15) is 18.3 Å². The molecule has 182 valence electrons. The minimum absolute atomic E-state index is 0.0391. The van der Waals surface area contributed by atoms with Crippen molar-refractivity contribution in [1.29, 1.82) is 0 Å². The third-order valence-electron chi connectivity index (χ3n) is 6.87. The summed E-state index contributed by atoms with van der Waals surface area (Å²) < 4.78 is 37.8. The number of carbonyl (C=O) groups excluding carboxylic acids is 1. The lowest BCUT2D eigenvalue weighted by Crippen LogP contribution is -2.64. The van der Waals surface area contributed by atoms with E-state index in [2.05, 4.69) is 9.71 Å². The zero-order chi connectivity index (χ0) is 24.0. The third kappa shape index (κ3) is 4.89. The lowest BCUT2D eigenvalue weighted by atomic mass is 9.78. The molecule has 1 aromatic heterocycles. The van der Waals surface area contributed by atoms with Crippen molar-refractivity contribution in [1.82, 2.24) is 14.6 Å². The van der Waals surface area contributed by atoms with Crippen LogP contribution in [0.4, 0.5) is 0 Å². The van der Waals surface area contributed by atoms with Crippen LogP contribution in [0.1, 0.15) is 49.2 Å². The Hall–Kier alpha value is -2.14. The first-order chi connectivity index (χ1) is 15.4. The van der Waals surface area contributed by atoms with E-state index in [-0.39, 0.29) is 12.5 Å². The van der Waals surface area contributed by atoms with Crippen LogP contribution in [0.3, 0.4) is 0 Å². The SMILES string of the molecule is CCOc1ccc2[nH]c(C(=O)N3CCC4(CC3)C[C@H](NS(C)(=O)=O)[C@@](C)(O)CO4)c(C)c2c1. The summed E-state index contributed by atoms with van der Waals surface area (Å²) in [4.78, 5) is 18.4. The topological polar surface area (TPSA) is 121 Å². The maximum absolute atomic E-state index is 13.3. The molecule has 2 atom stereocenters. The van der Waals surface area contributed by atoms with Crippen molar-refractivity contribution in [2.24, 2.45) is 0 Å². The van der Waals surface area contributed by atoms with Crippen LogP contribution < -0.4 is 9.46 Å². The average molecular weight is 480 g/mol. The van der Waals surface area contributed by atoms with Crippen LogP contribution in [-0.4, -0.2) is 79.1 Å². The number of ether oxygens (including phenoxy) is 2. The van der Waals surface area contributed by atoms with Gasteiger partial charge in [-0.3, -0.25) is 4.79 Å². The number of hydrogen-bond donors (Lipinski definition) is 3. The molecular weight excluding hydrogens is 446 g/mol. The van der Waals surface area contributed by atoms with Crippen LogP contribution in [0, 0.1) is 6.92 Å². The van der Waals surface area contributed by atoms with Crippen molar-refractivity contribution in [2.45, 2.75) is 57.3 Å². The van der Waals surface area contributed by atoms with Crippen molar-refractivity contribution < 1.29 is 27.8 Å². The number of carbonyl (C=O) groups is 1. The van der Waals surface area contributed by atoms with Crippen LogP contribution in [0.25, 0.3) is 10.9 Å². The van der Waals surface area contributed by atoms with E-state index in [1.54, 1.807) is 6.92 Å². The number of piperidine rings is 1. The number of H-pyrrole nitrogens is 1. The van der Waals surface area contributed by atoms with Gasteiger partial charge in [0, 0.05) is 24.0 Å². The van der Waals surface area contributed by atoms with Gasteiger partial charge >= 0.3 is 0 Å². The van der Waals surface area contributed by atoms with Gasteiger partial charge in [-0.05, 0) is 63.8 Å². The number of rotatable bonds is 5. The van der Waals surface area contributed by atoms with Gasteiger partial charge in [-0.1, -0.05) is 0 Å². The van der Waals surface area contributed by atoms with Crippen molar-refractivity contribution in [3.05, 3.63) is 29.5 Å². The monoisotopic (exact) mass is 479 g/mol. The average Bonchev–Trinajstić information content (AvgIpc) is 3.07. The number of aromatic nitrogens is 1. The molecule has 10 heteroatoms. The van der Waals surface area contributed by atoms with E-state index in [4.69, 9.17) is 9.47 Å². The fraction of sp³-hybridized carbons (Fsp3) is 0.609. The predicted molar refractivity (Wildman–Crippen MR) is 125 cm³/mol. The highest BCUT2D eigenvalue weighted by Gasteiger charge is 2.49. The predicted octanol–water partition coefficient (Wildman–Crippen LogP) is 1.94. The third-order valence-corrected chi connectivity index (χ3v) is 7.58. The lowest BCUT2D eigenvalue weighted by Gasteiger charge is -2.50. The van der Waals surface area contributed by atoms with Crippen molar-refractivity contribution >= 4 is 26.8 Å². The number of fused-ring (bicyclic) bond motifs is 1. The second kappa shape index (κ2) is 8.57. The molecule has 1 spiro atoms. The zero-order valence-corrected chi connectivity index (χ0v) is 20.4. The van der Waals surface area contributed by atoms with Gasteiger partial charge in [0.05, 0.1) is 31.1 Å². The Labute approximate surface area is 194 Å². The van der Waals surface area contributed by atoms with Gasteiger partial charge in [-0.15, -0.1) is 0 Å². The highest BCUT2D eigenvalue weighted by molar-refractivity contribution is 7.88. The van der Waals surface area contributed by atoms with E-state index in [1.165, 1.54) is 0 Å². The van der Waals surface area contributed by atoms with E-state index >= 15 is 0 Å². The molecule has 33 heavy (non-hydrogen) atoms. The highest BCUT2D eigenvalue weighted by Crippen LogP contribution is 2.39. The second-order valence-electron chi connectivity index (χ2n) is 9.53. The molecule has 1 aromatic carbocycles. The highest BCUT2D eigenvalue weighted by atomic mass is 32.2. The first kappa shape index (κ1) is 24.0. The van der Waals surface area contributed by atoms with E-state index < -0.39 is 27.3 Å². The fourth-order valence-electron chi connectivity index (χ4n) is 4.88. The molecule has 2 fully saturated rings. The Balaban J connectivity index is 1.47. The molecule has 1 amide bonds. The van der Waals surface area contributed by atoms with E-state index in [0.717, 1.165) is 28.5 Å². The number of nitrogens with zero attached hydrogens (tertiary/aromatic N) is 1. The van der Waals surface area contributed by atoms with Crippen molar-refractivity contribution in [3.63, 3.8) is 0 Å². The number of aryl methyl sites for hydroxylation is 1. The first-order valence-electron chi connectivity index (χ1n) is 11.3. The Morgan fingerprint density at radius 2 is 2.06 bits per heavy atom. The number of nitrogens with one attached hydrogen (secondary N) is 2. The summed E-state index contributed by atoms with van der Waals surface area (Å²) >= 11 is 0. The molecule has 2 aliphatic heterocycles. The number of hydrogen-bond acceptors (Lipinski definition) is 6. The maximum atomic E-state index is 13.3. The Kier molecular flexibility index (Phi) is 6.24. The summed E-state index contributed by atoms with van der Waals surface area (Å²) in [6, 6.07) is 5.12. The molecule has 9 nitrogen and oxygen atoms in total. The van der Waals surface area contributed by atoms with Gasteiger partial charge in [-0.25, -0.2) is 13.1 Å². The molecule has 0 unspecified atom stereocenters. The summed E-state index contributed by atoms with van der Waals surface area (Å²) in [7, 11) is -3.48. The van der Waals surface area contributed by atoms with Gasteiger partial charge in [0.2, 0.25) is 10.0 Å². The molecule has 3 heterocycles. The van der Waals surface area contributed by atoms with Gasteiger partial charge in [0.25, 0.3) is 5.91 Å². The van der Waals surface area contributed by atoms with Crippen LogP contribution >= 0.6 is 0 Å². The van der Waals surface area contributed by atoms with Gasteiger partial charge < -0.3 is 24.5 Å². The summed E-state index contributed by atoms with van der Waals surface area (Å²) in [5.41, 5.74) is 0.491. The maximum Gasteiger partial charge on any atom is 0.270 e. The molecule has 0 radical (unpaired) electrons. The van der Waals surface area contributed by atoms with Crippen LogP contribution in [-0.2, 0) is 14.8 Å². The largest absolute Gasteiger partial charge is 0.494 e. The van der Waals surface area contributed by atoms with Crippen LogP contribution in [0.15, 0.2) is 18.2 Å². The van der Waals surface area contributed by atoms with E-state index in [1.807, 2.05) is 36.9 Å². The molecule has 2 aromatic rings. The van der Waals surface area contributed by atoms with E-state index in [0.29, 0.717) is 44.7 Å². The molecule has 0 saturated carbocycles. The first-order valence-corrected chi connectivity index (χ1v) is 13.2. The lowest BCUT2D eigenvalue weighted by molar-refractivity contribution is -0.187. The van der Waals surface area contributed by atoms with Crippen LogP contribution in [0.5, 0.6) is 5.75 Å². The Morgan fingerprint density at radius 3 is 2.70 bits per heavy atom. The number of aromatic amines is 1. The fourth-order valence-corrected chi connectivity index (χ4v) is 5.73.